The van der Waals surface area contributed by atoms with E-state index in [1.165, 1.54) is 0 Å². The minimum absolute atomic E-state index is 0.0300. The van der Waals surface area contributed by atoms with Crippen LogP contribution in [0, 0.1) is 22.7 Å². The van der Waals surface area contributed by atoms with Gasteiger partial charge in [0, 0.05) is 0 Å². The first-order valence-electron chi connectivity index (χ1n) is 3.83. The molecule has 1 rings (SSSR count). The first-order valence-corrected chi connectivity index (χ1v) is 3.83. The molecule has 14 heavy (non-hydrogen) atoms. The van der Waals surface area contributed by atoms with E-state index in [0.29, 0.717) is 6.61 Å². The van der Waals surface area contributed by atoms with Gasteiger partial charge in [-0.25, -0.2) is 4.98 Å². The Morgan fingerprint density at radius 3 is 2.43 bits per heavy atom. The molecule has 0 aliphatic heterocycles. The first kappa shape index (κ1) is 9.75. The lowest BCUT2D eigenvalue weighted by atomic mass is 10.4. The zero-order valence-electron chi connectivity index (χ0n) is 7.48. The number of hydrogen-bond donors (Lipinski definition) is 1. The summed E-state index contributed by atoms with van der Waals surface area (Å²) in [5.41, 5.74) is 5.31. The topological polar surface area (TPSA) is 109 Å². The standard InChI is InChI=1S/C8H7N5O/c1-2-14-8-6(4-10)12-5(3-9)7(11)13-8/h2H2,1H3,(H2,11,13). The molecule has 2 N–H and O–H groups in total. The SMILES string of the molecule is CCOc1nc(N)c(C#N)nc1C#N. The summed E-state index contributed by atoms with van der Waals surface area (Å²) in [5, 5.41) is 17.2. The molecular formula is C8H7N5O. The molecule has 0 aliphatic rings. The molecule has 1 aromatic rings. The summed E-state index contributed by atoms with van der Waals surface area (Å²) in [6.07, 6.45) is 0. The molecule has 0 amide bonds. The zero-order chi connectivity index (χ0) is 10.6. The predicted molar refractivity (Wildman–Crippen MR) is 47.0 cm³/mol. The Kier molecular flexibility index (Phi) is 2.82. The van der Waals surface area contributed by atoms with Gasteiger partial charge in [0.2, 0.25) is 5.69 Å². The van der Waals surface area contributed by atoms with Gasteiger partial charge in [0.05, 0.1) is 6.61 Å². The number of nitrogen functional groups attached to an aromatic ring is 1. The van der Waals surface area contributed by atoms with Gasteiger partial charge in [-0.15, -0.1) is 0 Å². The molecule has 0 atom stereocenters. The van der Waals surface area contributed by atoms with E-state index < -0.39 is 0 Å². The Hall–Kier alpha value is -2.34. The smallest absolute Gasteiger partial charge is 0.253 e. The third-order valence-electron chi connectivity index (χ3n) is 1.38. The van der Waals surface area contributed by atoms with Crippen molar-refractivity contribution in [3.05, 3.63) is 11.4 Å². The molecule has 0 unspecified atom stereocenters. The van der Waals surface area contributed by atoms with Crippen molar-refractivity contribution in [2.75, 3.05) is 12.3 Å². The summed E-state index contributed by atoms with van der Waals surface area (Å²) < 4.78 is 5.02. The lowest BCUT2D eigenvalue weighted by molar-refractivity contribution is 0.324. The number of nitrogens with two attached hydrogens (primary N) is 1. The maximum Gasteiger partial charge on any atom is 0.253 e. The van der Waals surface area contributed by atoms with Gasteiger partial charge in [-0.2, -0.15) is 15.5 Å². The number of rotatable bonds is 2. The van der Waals surface area contributed by atoms with Gasteiger partial charge in [-0.05, 0) is 6.92 Å². The Labute approximate surface area is 80.6 Å². The average molecular weight is 189 g/mol. The summed E-state index contributed by atoms with van der Waals surface area (Å²) in [7, 11) is 0. The van der Waals surface area contributed by atoms with E-state index in [1.807, 2.05) is 0 Å². The van der Waals surface area contributed by atoms with Crippen LogP contribution in [0.15, 0.2) is 0 Å². The highest BCUT2D eigenvalue weighted by atomic mass is 16.5. The van der Waals surface area contributed by atoms with E-state index in [2.05, 4.69) is 9.97 Å². The molecule has 0 saturated heterocycles. The molecule has 6 nitrogen and oxygen atoms in total. The Balaban J connectivity index is 3.28. The highest BCUT2D eigenvalue weighted by molar-refractivity contribution is 5.48. The van der Waals surface area contributed by atoms with Crippen LogP contribution >= 0.6 is 0 Å². The van der Waals surface area contributed by atoms with Crippen LogP contribution in [0.4, 0.5) is 5.82 Å². The minimum Gasteiger partial charge on any atom is -0.476 e. The number of aromatic nitrogens is 2. The molecule has 0 bridgehead atoms. The first-order chi connectivity index (χ1) is 6.72. The molecule has 0 spiro atoms. The highest BCUT2D eigenvalue weighted by Crippen LogP contribution is 2.16. The molecule has 0 radical (unpaired) electrons. The second-order valence-electron chi connectivity index (χ2n) is 2.27. The van der Waals surface area contributed by atoms with Gasteiger partial charge >= 0.3 is 0 Å². The largest absolute Gasteiger partial charge is 0.476 e. The van der Waals surface area contributed by atoms with Crippen LogP contribution < -0.4 is 10.5 Å². The molecule has 70 valence electrons. The summed E-state index contributed by atoms with van der Waals surface area (Å²) in [5.74, 6) is 0.0291. The van der Waals surface area contributed by atoms with E-state index in [0.717, 1.165) is 0 Å². The van der Waals surface area contributed by atoms with Gasteiger partial charge in [0.1, 0.15) is 12.1 Å². The predicted octanol–water partition coefficient (Wildman–Crippen LogP) is 0.201. The van der Waals surface area contributed by atoms with Crippen molar-refractivity contribution in [2.45, 2.75) is 6.92 Å². The minimum atomic E-state index is -0.0648. The lowest BCUT2D eigenvalue weighted by Gasteiger charge is -2.04. The fraction of sp³-hybridized carbons (Fsp3) is 0.250. The molecule has 0 fully saturated rings. The van der Waals surface area contributed by atoms with Crippen LogP contribution in [-0.4, -0.2) is 16.6 Å². The molecule has 6 heteroatoms. The number of nitriles is 2. The molecule has 1 aromatic heterocycles. The van der Waals surface area contributed by atoms with Crippen LogP contribution in [0.3, 0.4) is 0 Å². The van der Waals surface area contributed by atoms with Crippen molar-refractivity contribution in [1.29, 1.82) is 10.5 Å². The molecule has 0 aromatic carbocycles. The number of nitrogens with zero attached hydrogens (tertiary/aromatic N) is 4. The third kappa shape index (κ3) is 1.70. The van der Waals surface area contributed by atoms with Crippen LogP contribution in [0.25, 0.3) is 0 Å². The molecule has 0 saturated carbocycles. The highest BCUT2D eigenvalue weighted by Gasteiger charge is 2.11. The normalized spacial score (nSPS) is 8.79. The van der Waals surface area contributed by atoms with Gasteiger partial charge in [-0.3, -0.25) is 0 Å². The number of ether oxygens (including phenoxy) is 1. The molecular weight excluding hydrogens is 182 g/mol. The maximum atomic E-state index is 8.67. The molecule has 1 heterocycles. The monoisotopic (exact) mass is 189 g/mol. The van der Waals surface area contributed by atoms with Crippen molar-refractivity contribution in [1.82, 2.24) is 9.97 Å². The van der Waals surface area contributed by atoms with Gasteiger partial charge in [0.15, 0.2) is 11.5 Å². The second-order valence-corrected chi connectivity index (χ2v) is 2.27. The third-order valence-corrected chi connectivity index (χ3v) is 1.38. The Morgan fingerprint density at radius 2 is 1.93 bits per heavy atom. The summed E-state index contributed by atoms with van der Waals surface area (Å²) in [4.78, 5) is 7.45. The van der Waals surface area contributed by atoms with Crippen molar-refractivity contribution >= 4 is 5.82 Å². The van der Waals surface area contributed by atoms with Crippen molar-refractivity contribution in [3.8, 4) is 18.0 Å². The van der Waals surface area contributed by atoms with E-state index in [1.54, 1.807) is 19.1 Å². The van der Waals surface area contributed by atoms with Crippen molar-refractivity contribution < 1.29 is 4.74 Å². The second kappa shape index (κ2) is 4.06. The van der Waals surface area contributed by atoms with Crippen LogP contribution in [-0.2, 0) is 0 Å². The van der Waals surface area contributed by atoms with E-state index in [9.17, 15) is 0 Å². The van der Waals surface area contributed by atoms with Gasteiger partial charge in [0.25, 0.3) is 5.88 Å². The number of hydrogen-bond acceptors (Lipinski definition) is 6. The Morgan fingerprint density at radius 1 is 1.29 bits per heavy atom. The van der Waals surface area contributed by atoms with Crippen LogP contribution in [0.2, 0.25) is 0 Å². The maximum absolute atomic E-state index is 8.67. The summed E-state index contributed by atoms with van der Waals surface area (Å²) in [6, 6.07) is 3.51. The fourth-order valence-corrected chi connectivity index (χ4v) is 0.825. The van der Waals surface area contributed by atoms with Crippen LogP contribution in [0.5, 0.6) is 5.88 Å². The van der Waals surface area contributed by atoms with E-state index >= 15 is 0 Å². The van der Waals surface area contributed by atoms with E-state index in [4.69, 9.17) is 21.0 Å². The molecule has 0 aliphatic carbocycles. The van der Waals surface area contributed by atoms with Crippen molar-refractivity contribution in [3.63, 3.8) is 0 Å². The van der Waals surface area contributed by atoms with Gasteiger partial charge < -0.3 is 10.5 Å². The van der Waals surface area contributed by atoms with Gasteiger partial charge in [-0.1, -0.05) is 0 Å². The van der Waals surface area contributed by atoms with Crippen LogP contribution in [0.1, 0.15) is 18.3 Å². The lowest BCUT2D eigenvalue weighted by Crippen LogP contribution is -2.05. The fourth-order valence-electron chi connectivity index (χ4n) is 0.825. The number of anilines is 1. The Bertz CT molecular complexity index is 429. The average Bonchev–Trinajstić information content (AvgIpc) is 2.19. The zero-order valence-corrected chi connectivity index (χ0v) is 7.48. The summed E-state index contributed by atoms with van der Waals surface area (Å²) >= 11 is 0. The quantitative estimate of drug-likeness (QED) is 0.711. The van der Waals surface area contributed by atoms with E-state index in [-0.39, 0.29) is 23.1 Å². The van der Waals surface area contributed by atoms with Crippen molar-refractivity contribution in [2.24, 2.45) is 0 Å². The summed E-state index contributed by atoms with van der Waals surface area (Å²) in [6.45, 7) is 2.10.